The van der Waals surface area contributed by atoms with Crippen LogP contribution < -0.4 is 5.73 Å². The second-order valence-electron chi connectivity index (χ2n) is 7.70. The normalized spacial score (nSPS) is 19.5. The highest BCUT2D eigenvalue weighted by atomic mass is 32.2. The maximum absolute atomic E-state index is 11.0. The van der Waals surface area contributed by atoms with Crippen LogP contribution in [0.25, 0.3) is 5.69 Å². The minimum Gasteiger partial charge on any atom is -0.481 e. The minimum absolute atomic E-state index is 0.0812. The molecule has 5 rings (SSSR count). The summed E-state index contributed by atoms with van der Waals surface area (Å²) in [6, 6.07) is 9.69. The van der Waals surface area contributed by atoms with Crippen molar-refractivity contribution in [2.24, 2.45) is 0 Å². The fourth-order valence-electron chi connectivity index (χ4n) is 4.24. The maximum Gasteiger partial charge on any atom is 0.313 e. The molecular weight excluding hydrogens is 464 g/mol. The van der Waals surface area contributed by atoms with Crippen LogP contribution in [0.1, 0.15) is 43.0 Å². The summed E-state index contributed by atoms with van der Waals surface area (Å²) < 4.78 is 1.89. The Morgan fingerprint density at radius 3 is 2.78 bits per heavy atom. The van der Waals surface area contributed by atoms with Gasteiger partial charge in [-0.1, -0.05) is 54.6 Å². The molecule has 1 aromatic carbocycles. The highest BCUT2D eigenvalue weighted by molar-refractivity contribution is 8.00. The molecule has 166 valence electrons. The first-order valence-electron chi connectivity index (χ1n) is 10.4. The quantitative estimate of drug-likeness (QED) is 0.285. The number of anilines is 1. The molecule has 2 atom stereocenters. The third-order valence-corrected chi connectivity index (χ3v) is 8.78. The van der Waals surface area contributed by atoms with Crippen LogP contribution in [0.2, 0.25) is 0 Å². The lowest BCUT2D eigenvalue weighted by Gasteiger charge is -2.24. The van der Waals surface area contributed by atoms with Crippen LogP contribution in [-0.2, 0) is 10.5 Å². The van der Waals surface area contributed by atoms with E-state index < -0.39 is 5.97 Å². The Hall–Kier alpha value is -2.24. The first-order valence-corrected chi connectivity index (χ1v) is 13.3. The van der Waals surface area contributed by atoms with Crippen molar-refractivity contribution >= 4 is 47.1 Å². The van der Waals surface area contributed by atoms with E-state index in [0.29, 0.717) is 38.9 Å². The molecule has 0 bridgehead atoms. The first-order chi connectivity index (χ1) is 15.6. The summed E-state index contributed by atoms with van der Waals surface area (Å²) in [5.74, 6) is 1.30. The summed E-state index contributed by atoms with van der Waals surface area (Å²) in [4.78, 5) is 20.5. The molecule has 1 aliphatic carbocycles. The number of aliphatic carboxylic acids is 1. The molecule has 32 heavy (non-hydrogen) atoms. The number of aromatic nitrogens is 5. The van der Waals surface area contributed by atoms with E-state index in [4.69, 9.17) is 15.8 Å². The molecule has 0 amide bonds. The van der Waals surface area contributed by atoms with Crippen molar-refractivity contribution in [2.75, 3.05) is 11.5 Å². The largest absolute Gasteiger partial charge is 0.481 e. The molecule has 2 aliphatic rings. The summed E-state index contributed by atoms with van der Waals surface area (Å²) in [5, 5.41) is 20.4. The standard InChI is InChI=1S/C21H22N6O2S3/c22-18-17-13-8-4-5-9-14(13)32-19(17)24-20(23-18)30-10-15-25-26-21(31-11-16(28)29)27(15)12-6-2-1-3-7-12/h1-3,6-7,13-14H,4-5,8-11H2,(H,28,29)(H2,22,23,24). The third-order valence-electron chi connectivity index (χ3n) is 5.63. The molecule has 0 saturated heterocycles. The van der Waals surface area contributed by atoms with E-state index >= 15 is 0 Å². The SMILES string of the molecule is Nc1nc(SCc2nnc(SCC(=O)O)n2-c2ccccc2)nc2c1C1CCCCC1S2. The van der Waals surface area contributed by atoms with Crippen LogP contribution in [0.3, 0.4) is 0 Å². The van der Waals surface area contributed by atoms with Gasteiger partial charge in [-0.05, 0) is 25.0 Å². The van der Waals surface area contributed by atoms with Gasteiger partial charge in [-0.15, -0.1) is 22.0 Å². The van der Waals surface area contributed by atoms with Crippen molar-refractivity contribution in [3.05, 3.63) is 41.7 Å². The predicted molar refractivity (Wildman–Crippen MR) is 127 cm³/mol. The number of carboxylic acids is 1. The molecule has 0 spiro atoms. The Morgan fingerprint density at radius 1 is 1.16 bits per heavy atom. The van der Waals surface area contributed by atoms with Crippen molar-refractivity contribution < 1.29 is 9.90 Å². The lowest BCUT2D eigenvalue weighted by atomic mass is 9.84. The Balaban J connectivity index is 1.39. The van der Waals surface area contributed by atoms with E-state index in [2.05, 4.69) is 15.2 Å². The zero-order valence-electron chi connectivity index (χ0n) is 17.2. The highest BCUT2D eigenvalue weighted by Gasteiger charge is 2.38. The van der Waals surface area contributed by atoms with Crippen molar-refractivity contribution in [3.8, 4) is 5.69 Å². The Bertz CT molecular complexity index is 1140. The maximum atomic E-state index is 11.0. The summed E-state index contributed by atoms with van der Waals surface area (Å²) in [6.07, 6.45) is 4.90. The molecular formula is C21H22N6O2S3. The molecule has 0 radical (unpaired) electrons. The van der Waals surface area contributed by atoms with E-state index in [-0.39, 0.29) is 5.75 Å². The van der Waals surface area contributed by atoms with Gasteiger partial charge in [0.2, 0.25) is 0 Å². The molecule has 1 saturated carbocycles. The number of carboxylic acid groups (broad SMARTS) is 1. The number of nitrogen functional groups attached to an aromatic ring is 1. The average Bonchev–Trinajstić information content (AvgIpc) is 3.38. The van der Waals surface area contributed by atoms with Gasteiger partial charge in [-0.3, -0.25) is 9.36 Å². The van der Waals surface area contributed by atoms with Crippen LogP contribution in [0.4, 0.5) is 5.82 Å². The van der Waals surface area contributed by atoms with Gasteiger partial charge in [0.15, 0.2) is 10.3 Å². The summed E-state index contributed by atoms with van der Waals surface area (Å²) >= 11 is 4.46. The molecule has 3 N–H and O–H groups in total. The molecule has 11 heteroatoms. The summed E-state index contributed by atoms with van der Waals surface area (Å²) in [5.41, 5.74) is 8.40. The predicted octanol–water partition coefficient (Wildman–Crippen LogP) is 4.24. The van der Waals surface area contributed by atoms with E-state index in [9.17, 15) is 4.79 Å². The Labute approximate surface area is 198 Å². The number of hydrogen-bond donors (Lipinski definition) is 2. The molecule has 3 heterocycles. The van der Waals surface area contributed by atoms with Gasteiger partial charge in [0, 0.05) is 22.4 Å². The van der Waals surface area contributed by atoms with E-state index in [0.717, 1.165) is 28.0 Å². The number of benzene rings is 1. The number of rotatable bonds is 7. The minimum atomic E-state index is -0.895. The van der Waals surface area contributed by atoms with Crippen LogP contribution in [0.5, 0.6) is 0 Å². The second kappa shape index (κ2) is 9.32. The fraction of sp³-hybridized carbons (Fsp3) is 0.381. The van der Waals surface area contributed by atoms with Gasteiger partial charge < -0.3 is 10.8 Å². The first kappa shape index (κ1) is 21.6. The number of nitrogens with two attached hydrogens (primary N) is 1. The third kappa shape index (κ3) is 4.33. The number of hydrogen-bond acceptors (Lipinski definition) is 9. The van der Waals surface area contributed by atoms with Gasteiger partial charge in [0.25, 0.3) is 0 Å². The van der Waals surface area contributed by atoms with Crippen molar-refractivity contribution in [3.63, 3.8) is 0 Å². The number of para-hydroxylation sites is 1. The van der Waals surface area contributed by atoms with Gasteiger partial charge in [-0.2, -0.15) is 0 Å². The Kier molecular flexibility index (Phi) is 6.29. The average molecular weight is 487 g/mol. The lowest BCUT2D eigenvalue weighted by Crippen LogP contribution is -2.16. The van der Waals surface area contributed by atoms with Crippen molar-refractivity contribution in [1.29, 1.82) is 0 Å². The van der Waals surface area contributed by atoms with Crippen LogP contribution in [0.15, 0.2) is 45.7 Å². The summed E-state index contributed by atoms with van der Waals surface area (Å²) in [6.45, 7) is 0. The number of carbonyl (C=O) groups is 1. The molecule has 2 unspecified atom stereocenters. The zero-order chi connectivity index (χ0) is 22.1. The summed E-state index contributed by atoms with van der Waals surface area (Å²) in [7, 11) is 0. The van der Waals surface area contributed by atoms with Gasteiger partial charge in [-0.25, -0.2) is 9.97 Å². The van der Waals surface area contributed by atoms with Gasteiger partial charge >= 0.3 is 5.97 Å². The highest BCUT2D eigenvalue weighted by Crippen LogP contribution is 2.52. The van der Waals surface area contributed by atoms with Crippen molar-refractivity contribution in [1.82, 2.24) is 24.7 Å². The molecule has 2 aromatic heterocycles. The lowest BCUT2D eigenvalue weighted by molar-refractivity contribution is -0.133. The van der Waals surface area contributed by atoms with Crippen LogP contribution in [-0.4, -0.2) is 46.8 Å². The van der Waals surface area contributed by atoms with Gasteiger partial charge in [0.05, 0.1) is 11.5 Å². The molecule has 8 nitrogen and oxygen atoms in total. The number of thioether (sulfide) groups is 3. The van der Waals surface area contributed by atoms with Gasteiger partial charge in [0.1, 0.15) is 16.7 Å². The van der Waals surface area contributed by atoms with E-state index in [1.807, 2.05) is 46.7 Å². The zero-order valence-corrected chi connectivity index (χ0v) is 19.6. The second-order valence-corrected chi connectivity index (χ2v) is 10.8. The topological polar surface area (TPSA) is 120 Å². The number of nitrogens with zero attached hydrogens (tertiary/aromatic N) is 5. The number of fused-ring (bicyclic) bond motifs is 3. The molecule has 3 aromatic rings. The molecule has 1 fully saturated rings. The fourth-order valence-corrected chi connectivity index (χ4v) is 7.28. The smallest absolute Gasteiger partial charge is 0.313 e. The van der Waals surface area contributed by atoms with Crippen molar-refractivity contribution in [2.45, 2.75) is 57.9 Å². The van der Waals surface area contributed by atoms with Crippen LogP contribution in [0, 0.1) is 0 Å². The Morgan fingerprint density at radius 2 is 1.97 bits per heavy atom. The monoisotopic (exact) mass is 486 g/mol. The van der Waals surface area contributed by atoms with E-state index in [1.54, 1.807) is 0 Å². The van der Waals surface area contributed by atoms with Crippen LogP contribution >= 0.6 is 35.3 Å². The van der Waals surface area contributed by atoms with E-state index in [1.165, 1.54) is 37.4 Å². The molecule has 1 aliphatic heterocycles.